The minimum absolute atomic E-state index is 0.331. The third-order valence-corrected chi connectivity index (χ3v) is 2.31. The van der Waals surface area contributed by atoms with Crippen molar-refractivity contribution in [1.29, 1.82) is 0 Å². The highest BCUT2D eigenvalue weighted by Crippen LogP contribution is 2.05. The highest BCUT2D eigenvalue weighted by molar-refractivity contribution is 5.25. The Kier molecular flexibility index (Phi) is 4.42. The van der Waals surface area contributed by atoms with E-state index in [2.05, 4.69) is 27.4 Å². The minimum Gasteiger partial charge on any atom is -0.350 e. The molecule has 0 spiro atoms. The maximum atomic E-state index is 5.44. The first-order chi connectivity index (χ1) is 7.13. The van der Waals surface area contributed by atoms with Gasteiger partial charge in [-0.2, -0.15) is 5.10 Å². The Labute approximate surface area is 90.5 Å². The first-order valence-electron chi connectivity index (χ1n) is 5.28. The van der Waals surface area contributed by atoms with Crippen molar-refractivity contribution in [2.45, 2.75) is 39.7 Å². The fourth-order valence-electron chi connectivity index (χ4n) is 1.23. The van der Waals surface area contributed by atoms with Crippen molar-refractivity contribution in [2.75, 3.05) is 11.9 Å². The van der Waals surface area contributed by atoms with Gasteiger partial charge in [-0.1, -0.05) is 0 Å². The molecule has 0 saturated heterocycles. The maximum Gasteiger partial charge on any atom is 0.243 e. The summed E-state index contributed by atoms with van der Waals surface area (Å²) < 4.78 is 0. The van der Waals surface area contributed by atoms with Gasteiger partial charge in [0.2, 0.25) is 5.95 Å². The van der Waals surface area contributed by atoms with Gasteiger partial charge in [-0.15, -0.1) is 5.10 Å². The zero-order valence-electron chi connectivity index (χ0n) is 9.62. The van der Waals surface area contributed by atoms with Gasteiger partial charge in [0.1, 0.15) is 0 Å². The molecular weight excluding hydrogens is 190 g/mol. The molecule has 0 fully saturated rings. The summed E-state index contributed by atoms with van der Waals surface area (Å²) in [5.74, 6) is 0.600. The zero-order chi connectivity index (χ0) is 11.3. The number of nitrogens with zero attached hydrogens (tertiary/aromatic N) is 3. The molecule has 5 heteroatoms. The smallest absolute Gasteiger partial charge is 0.243 e. The largest absolute Gasteiger partial charge is 0.350 e. The fourth-order valence-corrected chi connectivity index (χ4v) is 1.23. The Balaban J connectivity index is 2.53. The van der Waals surface area contributed by atoms with Gasteiger partial charge in [-0.05, 0) is 40.2 Å². The summed E-state index contributed by atoms with van der Waals surface area (Å²) in [6.45, 7) is 6.64. The predicted molar refractivity (Wildman–Crippen MR) is 60.7 cm³/mol. The van der Waals surface area contributed by atoms with Gasteiger partial charge in [0.15, 0.2) is 0 Å². The van der Waals surface area contributed by atoms with Crippen LogP contribution >= 0.6 is 0 Å². The molecule has 0 saturated carbocycles. The lowest BCUT2D eigenvalue weighted by atomic mass is 10.2. The molecule has 84 valence electrons. The van der Waals surface area contributed by atoms with E-state index in [9.17, 15) is 0 Å². The standard InChI is InChI=1S/C10H19N5/c1-7(5-4-6-11)12-10-13-8(2)9(3)14-15-10/h7H,4-6,11H2,1-3H3,(H,12,13,15). The van der Waals surface area contributed by atoms with Gasteiger partial charge >= 0.3 is 0 Å². The van der Waals surface area contributed by atoms with Gasteiger partial charge in [0.25, 0.3) is 0 Å². The Morgan fingerprint density at radius 3 is 2.60 bits per heavy atom. The molecule has 0 aliphatic carbocycles. The zero-order valence-corrected chi connectivity index (χ0v) is 9.62. The summed E-state index contributed by atoms with van der Waals surface area (Å²) in [4.78, 5) is 4.30. The third kappa shape index (κ3) is 3.79. The van der Waals surface area contributed by atoms with E-state index in [4.69, 9.17) is 5.73 Å². The number of rotatable bonds is 5. The van der Waals surface area contributed by atoms with Gasteiger partial charge in [-0.25, -0.2) is 4.98 Å². The van der Waals surface area contributed by atoms with E-state index in [1.807, 2.05) is 13.8 Å². The average Bonchev–Trinajstić information content (AvgIpc) is 2.20. The molecule has 1 aromatic heterocycles. The summed E-state index contributed by atoms with van der Waals surface area (Å²) in [5, 5.41) is 11.2. The van der Waals surface area contributed by atoms with Crippen molar-refractivity contribution < 1.29 is 0 Å². The lowest BCUT2D eigenvalue weighted by molar-refractivity contribution is 0.654. The predicted octanol–water partition coefficient (Wildman–Crippen LogP) is 1.03. The molecule has 0 amide bonds. The number of anilines is 1. The number of hydrogen-bond acceptors (Lipinski definition) is 5. The molecule has 0 aliphatic heterocycles. The second-order valence-electron chi connectivity index (χ2n) is 3.78. The molecule has 1 rings (SSSR count). The number of aromatic nitrogens is 3. The molecule has 15 heavy (non-hydrogen) atoms. The van der Waals surface area contributed by atoms with Crippen LogP contribution in [0.3, 0.4) is 0 Å². The average molecular weight is 209 g/mol. The number of nitrogens with two attached hydrogens (primary N) is 1. The Morgan fingerprint density at radius 1 is 1.27 bits per heavy atom. The van der Waals surface area contributed by atoms with Crippen molar-refractivity contribution in [3.63, 3.8) is 0 Å². The van der Waals surface area contributed by atoms with E-state index in [1.54, 1.807) is 0 Å². The van der Waals surface area contributed by atoms with Crippen LogP contribution in [-0.2, 0) is 0 Å². The molecule has 0 aliphatic rings. The Morgan fingerprint density at radius 2 is 2.00 bits per heavy atom. The maximum absolute atomic E-state index is 5.44. The highest BCUT2D eigenvalue weighted by Gasteiger charge is 2.05. The van der Waals surface area contributed by atoms with Gasteiger partial charge in [-0.3, -0.25) is 0 Å². The topological polar surface area (TPSA) is 76.7 Å². The van der Waals surface area contributed by atoms with Crippen molar-refractivity contribution >= 4 is 5.95 Å². The first kappa shape index (κ1) is 11.8. The fraction of sp³-hybridized carbons (Fsp3) is 0.700. The van der Waals surface area contributed by atoms with Crippen LogP contribution in [0, 0.1) is 13.8 Å². The van der Waals surface area contributed by atoms with Crippen LogP contribution in [0.5, 0.6) is 0 Å². The quantitative estimate of drug-likeness (QED) is 0.757. The number of hydrogen-bond donors (Lipinski definition) is 2. The second-order valence-corrected chi connectivity index (χ2v) is 3.78. The lowest BCUT2D eigenvalue weighted by Gasteiger charge is -2.12. The van der Waals surface area contributed by atoms with E-state index < -0.39 is 0 Å². The highest BCUT2D eigenvalue weighted by atomic mass is 15.2. The van der Waals surface area contributed by atoms with E-state index in [-0.39, 0.29) is 0 Å². The lowest BCUT2D eigenvalue weighted by Crippen LogP contribution is -2.19. The summed E-state index contributed by atoms with van der Waals surface area (Å²) in [7, 11) is 0. The third-order valence-electron chi connectivity index (χ3n) is 2.31. The van der Waals surface area contributed by atoms with E-state index in [0.717, 1.165) is 30.8 Å². The molecule has 0 aromatic carbocycles. The molecule has 0 bridgehead atoms. The summed E-state index contributed by atoms with van der Waals surface area (Å²) >= 11 is 0. The molecular formula is C10H19N5. The molecule has 1 atom stereocenters. The van der Waals surface area contributed by atoms with Crippen LogP contribution in [0.2, 0.25) is 0 Å². The number of nitrogens with one attached hydrogen (secondary N) is 1. The van der Waals surface area contributed by atoms with E-state index >= 15 is 0 Å². The van der Waals surface area contributed by atoms with Crippen LogP contribution in [0.4, 0.5) is 5.95 Å². The van der Waals surface area contributed by atoms with Gasteiger partial charge < -0.3 is 11.1 Å². The van der Waals surface area contributed by atoms with Crippen LogP contribution < -0.4 is 11.1 Å². The van der Waals surface area contributed by atoms with Crippen LogP contribution in [0.15, 0.2) is 0 Å². The molecule has 5 nitrogen and oxygen atoms in total. The summed E-state index contributed by atoms with van der Waals surface area (Å²) in [6.07, 6.45) is 2.03. The monoisotopic (exact) mass is 209 g/mol. The molecule has 0 radical (unpaired) electrons. The first-order valence-corrected chi connectivity index (χ1v) is 5.28. The van der Waals surface area contributed by atoms with Crippen LogP contribution in [-0.4, -0.2) is 27.8 Å². The van der Waals surface area contributed by atoms with Crippen LogP contribution in [0.1, 0.15) is 31.2 Å². The normalized spacial score (nSPS) is 12.5. The molecule has 1 unspecified atom stereocenters. The van der Waals surface area contributed by atoms with Crippen molar-refractivity contribution in [3.8, 4) is 0 Å². The van der Waals surface area contributed by atoms with Crippen molar-refractivity contribution in [3.05, 3.63) is 11.4 Å². The van der Waals surface area contributed by atoms with E-state index in [1.165, 1.54) is 0 Å². The Hall–Kier alpha value is -1.23. The van der Waals surface area contributed by atoms with Crippen molar-refractivity contribution in [2.24, 2.45) is 5.73 Å². The minimum atomic E-state index is 0.331. The summed E-state index contributed by atoms with van der Waals surface area (Å²) in [6, 6.07) is 0.331. The van der Waals surface area contributed by atoms with Gasteiger partial charge in [0.05, 0.1) is 11.4 Å². The van der Waals surface area contributed by atoms with Crippen LogP contribution in [0.25, 0.3) is 0 Å². The summed E-state index contributed by atoms with van der Waals surface area (Å²) in [5.41, 5.74) is 7.23. The SMILES string of the molecule is Cc1nnc(NC(C)CCCN)nc1C. The molecule has 1 heterocycles. The van der Waals surface area contributed by atoms with Crippen molar-refractivity contribution in [1.82, 2.24) is 15.2 Å². The molecule has 1 aromatic rings. The Bertz CT molecular complexity index is 313. The molecule has 3 N–H and O–H groups in total. The second kappa shape index (κ2) is 5.60. The number of aryl methyl sites for hydroxylation is 2. The van der Waals surface area contributed by atoms with Gasteiger partial charge in [0, 0.05) is 6.04 Å². The van der Waals surface area contributed by atoms with E-state index in [0.29, 0.717) is 12.0 Å².